The molecule has 0 atom stereocenters. The molecule has 2 fully saturated rings. The van der Waals surface area contributed by atoms with Crippen molar-refractivity contribution >= 4 is 0 Å². The zero-order chi connectivity index (χ0) is 25.6. The number of hydrogen-bond donors (Lipinski definition) is 0. The highest BCUT2D eigenvalue weighted by Crippen LogP contribution is 2.45. The second-order valence-electron chi connectivity index (χ2n) is 12.3. The molecule has 3 aliphatic rings. The van der Waals surface area contributed by atoms with E-state index < -0.39 is 0 Å². The van der Waals surface area contributed by atoms with E-state index in [0.717, 1.165) is 6.54 Å². The SMILES string of the molecule is Cc1cc(C)cc(-c2cc(C3CCCCC3)c(-n3cc[n+]4c3-c3ccccc3C4)c(C3CCCCC3)c2)c1. The van der Waals surface area contributed by atoms with Crippen molar-refractivity contribution in [1.82, 2.24) is 4.57 Å². The minimum atomic E-state index is 0.645. The first-order chi connectivity index (χ1) is 18.7. The molecule has 0 radical (unpaired) electrons. The molecule has 0 spiro atoms. The fraction of sp³-hybridized carbons (Fsp3) is 0.417. The maximum absolute atomic E-state index is 2.60. The zero-order valence-electron chi connectivity index (χ0n) is 23.2. The van der Waals surface area contributed by atoms with E-state index in [-0.39, 0.29) is 0 Å². The van der Waals surface area contributed by atoms with Gasteiger partial charge in [-0.05, 0) is 80.7 Å². The number of hydrogen-bond acceptors (Lipinski definition) is 0. The number of aryl methyl sites for hydroxylation is 2. The first-order valence-corrected chi connectivity index (χ1v) is 15.1. The van der Waals surface area contributed by atoms with Crippen LogP contribution in [0.4, 0.5) is 0 Å². The topological polar surface area (TPSA) is 8.81 Å². The maximum atomic E-state index is 2.60. The van der Waals surface area contributed by atoms with E-state index in [9.17, 15) is 0 Å². The Labute approximate surface area is 228 Å². The average Bonchev–Trinajstić information content (AvgIpc) is 3.52. The molecule has 38 heavy (non-hydrogen) atoms. The van der Waals surface area contributed by atoms with Crippen molar-refractivity contribution in [2.45, 2.75) is 96.4 Å². The summed E-state index contributed by atoms with van der Waals surface area (Å²) < 4.78 is 5.07. The van der Waals surface area contributed by atoms with Gasteiger partial charge in [-0.25, -0.2) is 4.57 Å². The average molecular weight is 502 g/mol. The highest BCUT2D eigenvalue weighted by atomic mass is 15.2. The molecule has 0 unspecified atom stereocenters. The summed E-state index contributed by atoms with van der Waals surface area (Å²) in [4.78, 5) is 0. The predicted molar refractivity (Wildman–Crippen MR) is 157 cm³/mol. The standard InChI is InChI=1S/C36H41N2/c1-25-19-26(2)21-30(20-25)31-22-33(27-11-5-3-6-12-27)35(34(23-31)28-13-7-4-8-14-28)38-18-17-37-24-29-15-9-10-16-32(29)36(37)38/h9-10,15-23,27-28H,3-8,11-14,24H2,1-2H3/q+1. The van der Waals surface area contributed by atoms with Gasteiger partial charge in [-0.1, -0.05) is 86.1 Å². The van der Waals surface area contributed by atoms with E-state index in [0.29, 0.717) is 11.8 Å². The lowest BCUT2D eigenvalue weighted by atomic mass is 9.77. The Hall–Kier alpha value is -3.13. The molecule has 1 aliphatic heterocycles. The molecule has 194 valence electrons. The highest BCUT2D eigenvalue weighted by Gasteiger charge is 2.35. The van der Waals surface area contributed by atoms with E-state index in [1.165, 1.54) is 109 Å². The van der Waals surface area contributed by atoms with Gasteiger partial charge in [0, 0.05) is 16.7 Å². The Morgan fingerprint density at radius 3 is 1.89 bits per heavy atom. The van der Waals surface area contributed by atoms with Gasteiger partial charge in [-0.15, -0.1) is 0 Å². The zero-order valence-corrected chi connectivity index (χ0v) is 23.2. The second-order valence-corrected chi connectivity index (χ2v) is 12.3. The summed E-state index contributed by atoms with van der Waals surface area (Å²) in [5.74, 6) is 2.66. The van der Waals surface area contributed by atoms with Gasteiger partial charge in [-0.3, -0.25) is 0 Å². The summed E-state index contributed by atoms with van der Waals surface area (Å²) in [5.41, 5.74) is 13.1. The minimum Gasteiger partial charge on any atom is -0.225 e. The van der Waals surface area contributed by atoms with E-state index >= 15 is 0 Å². The van der Waals surface area contributed by atoms with Crippen molar-refractivity contribution in [2.75, 3.05) is 0 Å². The molecule has 2 nitrogen and oxygen atoms in total. The lowest BCUT2D eigenvalue weighted by Gasteiger charge is -2.29. The number of benzene rings is 3. The number of nitrogens with zero attached hydrogens (tertiary/aromatic N) is 2. The van der Waals surface area contributed by atoms with Crippen LogP contribution in [-0.2, 0) is 6.54 Å². The molecule has 4 aromatic rings. The summed E-state index contributed by atoms with van der Waals surface area (Å²) in [6.07, 6.45) is 18.2. The van der Waals surface area contributed by atoms with Crippen LogP contribution in [0.2, 0.25) is 0 Å². The van der Waals surface area contributed by atoms with Crippen LogP contribution in [0.5, 0.6) is 0 Å². The van der Waals surface area contributed by atoms with Gasteiger partial charge in [0.15, 0.2) is 0 Å². The van der Waals surface area contributed by atoms with Gasteiger partial charge in [0.05, 0.1) is 5.56 Å². The molecule has 0 amide bonds. The Morgan fingerprint density at radius 2 is 1.26 bits per heavy atom. The van der Waals surface area contributed by atoms with Crippen molar-refractivity contribution in [2.24, 2.45) is 0 Å². The number of imidazole rings is 1. The molecule has 2 heteroatoms. The van der Waals surface area contributed by atoms with E-state index in [1.54, 1.807) is 11.1 Å². The van der Waals surface area contributed by atoms with Gasteiger partial charge < -0.3 is 0 Å². The fourth-order valence-electron chi connectivity index (χ4n) is 7.79. The summed E-state index contributed by atoms with van der Waals surface area (Å²) in [6, 6.07) is 21.3. The van der Waals surface area contributed by atoms with Crippen LogP contribution in [0.3, 0.4) is 0 Å². The van der Waals surface area contributed by atoms with E-state index in [2.05, 4.69) is 90.0 Å². The summed E-state index contributed by atoms with van der Waals surface area (Å²) in [6.45, 7) is 5.47. The molecular formula is C36H41N2+. The van der Waals surface area contributed by atoms with Crippen molar-refractivity contribution < 1.29 is 4.57 Å². The molecule has 7 rings (SSSR count). The van der Waals surface area contributed by atoms with Crippen LogP contribution in [0.15, 0.2) is 67.0 Å². The summed E-state index contributed by atoms with van der Waals surface area (Å²) in [7, 11) is 0. The molecule has 2 saturated carbocycles. The van der Waals surface area contributed by atoms with E-state index in [4.69, 9.17) is 0 Å². The van der Waals surface area contributed by atoms with E-state index in [1.807, 2.05) is 0 Å². The summed E-state index contributed by atoms with van der Waals surface area (Å²) in [5, 5.41) is 0. The van der Waals surface area contributed by atoms with Crippen molar-refractivity contribution in [3.63, 3.8) is 0 Å². The van der Waals surface area contributed by atoms with Crippen LogP contribution >= 0.6 is 0 Å². The monoisotopic (exact) mass is 501 g/mol. The quantitative estimate of drug-likeness (QED) is 0.217. The molecule has 0 N–H and O–H groups in total. The number of rotatable bonds is 4. The first kappa shape index (κ1) is 23.9. The smallest absolute Gasteiger partial charge is 0.225 e. The normalized spacial score (nSPS) is 17.9. The molecule has 3 aromatic carbocycles. The van der Waals surface area contributed by atoms with Crippen LogP contribution in [0, 0.1) is 13.8 Å². The molecule has 2 aliphatic carbocycles. The number of aromatic nitrogens is 2. The Morgan fingerprint density at radius 1 is 0.684 bits per heavy atom. The Kier molecular flexibility index (Phi) is 6.22. The minimum absolute atomic E-state index is 0.645. The Bertz CT molecular complexity index is 1420. The van der Waals surface area contributed by atoms with Gasteiger partial charge in [0.25, 0.3) is 5.82 Å². The van der Waals surface area contributed by atoms with Gasteiger partial charge in [0.2, 0.25) is 0 Å². The third kappa shape index (κ3) is 4.23. The second kappa shape index (κ2) is 9.88. The van der Waals surface area contributed by atoms with Gasteiger partial charge >= 0.3 is 0 Å². The maximum Gasteiger partial charge on any atom is 0.294 e. The lowest BCUT2D eigenvalue weighted by Crippen LogP contribution is -2.30. The molecule has 1 aromatic heterocycles. The van der Waals surface area contributed by atoms with Gasteiger partial charge in [-0.2, -0.15) is 4.57 Å². The molecule has 0 saturated heterocycles. The van der Waals surface area contributed by atoms with Crippen LogP contribution in [0.25, 0.3) is 28.2 Å². The number of fused-ring (bicyclic) bond motifs is 3. The summed E-state index contributed by atoms with van der Waals surface area (Å²) >= 11 is 0. The van der Waals surface area contributed by atoms with Crippen LogP contribution in [0.1, 0.15) is 104 Å². The molecular weight excluding hydrogens is 460 g/mol. The molecule has 2 heterocycles. The lowest BCUT2D eigenvalue weighted by molar-refractivity contribution is -0.671. The molecule has 0 bridgehead atoms. The largest absolute Gasteiger partial charge is 0.294 e. The Balaban J connectivity index is 1.49. The third-order valence-electron chi connectivity index (χ3n) is 9.55. The van der Waals surface area contributed by atoms with Crippen molar-refractivity contribution in [3.8, 4) is 28.2 Å². The van der Waals surface area contributed by atoms with Crippen LogP contribution in [-0.4, -0.2) is 4.57 Å². The predicted octanol–water partition coefficient (Wildman–Crippen LogP) is 9.17. The van der Waals surface area contributed by atoms with Crippen LogP contribution < -0.4 is 4.57 Å². The van der Waals surface area contributed by atoms with Crippen molar-refractivity contribution in [3.05, 3.63) is 94.8 Å². The first-order valence-electron chi connectivity index (χ1n) is 15.1. The highest BCUT2D eigenvalue weighted by molar-refractivity contribution is 5.73. The third-order valence-corrected chi connectivity index (χ3v) is 9.55. The van der Waals surface area contributed by atoms with Gasteiger partial charge in [0.1, 0.15) is 24.6 Å². The van der Waals surface area contributed by atoms with Crippen molar-refractivity contribution in [1.29, 1.82) is 0 Å². The fourth-order valence-corrected chi connectivity index (χ4v) is 7.79.